The van der Waals surface area contributed by atoms with Crippen molar-refractivity contribution in [3.63, 3.8) is 0 Å². The highest BCUT2D eigenvalue weighted by Crippen LogP contribution is 2.15. The summed E-state index contributed by atoms with van der Waals surface area (Å²) in [6.45, 7) is 2.85. The minimum atomic E-state index is 0.216. The Morgan fingerprint density at radius 2 is 2.00 bits per heavy atom. The largest absolute Gasteiger partial charge is 0.497 e. The first-order valence-electron chi connectivity index (χ1n) is 6.47. The van der Waals surface area contributed by atoms with E-state index in [2.05, 4.69) is 25.7 Å². The summed E-state index contributed by atoms with van der Waals surface area (Å²) in [7, 11) is 1.63. The number of nitrogen functional groups attached to an aromatic ring is 1. The van der Waals surface area contributed by atoms with Crippen molar-refractivity contribution < 1.29 is 9.47 Å². The molecule has 21 heavy (non-hydrogen) atoms. The minimum absolute atomic E-state index is 0.216. The maximum atomic E-state index is 5.33. The molecule has 0 radical (unpaired) electrons. The van der Waals surface area contributed by atoms with Crippen molar-refractivity contribution in [2.24, 2.45) is 5.84 Å². The van der Waals surface area contributed by atoms with Crippen LogP contribution >= 0.6 is 0 Å². The van der Waals surface area contributed by atoms with Gasteiger partial charge in [-0.1, -0.05) is 12.1 Å². The Hall–Kier alpha value is -2.61. The Morgan fingerprint density at radius 1 is 1.19 bits per heavy atom. The Bertz CT molecular complexity index is 593. The lowest BCUT2D eigenvalue weighted by molar-refractivity contribution is 0.312. The van der Waals surface area contributed by atoms with Crippen LogP contribution in [-0.4, -0.2) is 28.7 Å². The number of ether oxygens (including phenoxy) is 2. The molecule has 4 N–H and O–H groups in total. The van der Waals surface area contributed by atoms with Crippen LogP contribution < -0.4 is 26.1 Å². The van der Waals surface area contributed by atoms with Gasteiger partial charge in [-0.05, 0) is 24.6 Å². The predicted molar refractivity (Wildman–Crippen MR) is 79.1 cm³/mol. The smallest absolute Gasteiger partial charge is 0.323 e. The molecule has 0 fully saturated rings. The van der Waals surface area contributed by atoms with E-state index in [1.54, 1.807) is 7.11 Å². The molecule has 0 aliphatic heterocycles. The van der Waals surface area contributed by atoms with Gasteiger partial charge in [0.1, 0.15) is 5.75 Å². The van der Waals surface area contributed by atoms with Crippen molar-refractivity contribution in [2.75, 3.05) is 24.5 Å². The van der Waals surface area contributed by atoms with Crippen LogP contribution in [0.5, 0.6) is 11.8 Å². The summed E-state index contributed by atoms with van der Waals surface area (Å²) in [6, 6.07) is 7.92. The number of hydrazine groups is 1. The summed E-state index contributed by atoms with van der Waals surface area (Å²) >= 11 is 0. The monoisotopic (exact) mass is 290 g/mol. The van der Waals surface area contributed by atoms with E-state index in [0.29, 0.717) is 19.1 Å². The van der Waals surface area contributed by atoms with E-state index < -0.39 is 0 Å². The molecule has 0 atom stereocenters. The standard InChI is InChI=1S/C13H18N6O2/c1-3-21-13-17-11(16-12(18-13)19-14)15-8-9-5-4-6-10(7-9)20-2/h4-7H,3,8,14H2,1-2H3,(H2,15,16,17,18,19). The Balaban J connectivity index is 2.09. The first-order valence-corrected chi connectivity index (χ1v) is 6.47. The van der Waals surface area contributed by atoms with Crippen LogP contribution in [0.15, 0.2) is 24.3 Å². The van der Waals surface area contributed by atoms with Crippen molar-refractivity contribution in [3.8, 4) is 11.8 Å². The number of nitrogens with two attached hydrogens (primary N) is 1. The average Bonchev–Trinajstić information content (AvgIpc) is 2.53. The summed E-state index contributed by atoms with van der Waals surface area (Å²) in [5, 5.41) is 3.09. The van der Waals surface area contributed by atoms with Gasteiger partial charge in [-0.3, -0.25) is 5.43 Å². The molecule has 0 saturated heterocycles. The second-order valence-corrected chi connectivity index (χ2v) is 4.05. The van der Waals surface area contributed by atoms with Crippen LogP contribution in [0.3, 0.4) is 0 Å². The first kappa shape index (κ1) is 14.8. The second kappa shape index (κ2) is 7.25. The molecule has 8 heteroatoms. The van der Waals surface area contributed by atoms with Crippen molar-refractivity contribution in [1.29, 1.82) is 0 Å². The zero-order valence-electron chi connectivity index (χ0n) is 12.0. The molecule has 0 spiro atoms. The fourth-order valence-corrected chi connectivity index (χ4v) is 1.66. The molecule has 2 rings (SSSR count). The van der Waals surface area contributed by atoms with Crippen LogP contribution in [0.25, 0.3) is 0 Å². The number of anilines is 2. The highest BCUT2D eigenvalue weighted by atomic mass is 16.5. The molecular formula is C13H18N6O2. The Morgan fingerprint density at radius 3 is 2.71 bits per heavy atom. The van der Waals surface area contributed by atoms with Crippen LogP contribution in [0, 0.1) is 0 Å². The fraction of sp³-hybridized carbons (Fsp3) is 0.308. The van der Waals surface area contributed by atoms with E-state index >= 15 is 0 Å². The normalized spacial score (nSPS) is 10.0. The topological polar surface area (TPSA) is 107 Å². The molecule has 0 saturated carbocycles. The fourth-order valence-electron chi connectivity index (χ4n) is 1.66. The summed E-state index contributed by atoms with van der Waals surface area (Å²) in [4.78, 5) is 12.2. The van der Waals surface area contributed by atoms with Gasteiger partial charge in [-0.25, -0.2) is 5.84 Å². The van der Waals surface area contributed by atoms with Crippen LogP contribution in [0.1, 0.15) is 12.5 Å². The van der Waals surface area contributed by atoms with Gasteiger partial charge < -0.3 is 14.8 Å². The number of hydrogen-bond acceptors (Lipinski definition) is 8. The van der Waals surface area contributed by atoms with E-state index in [9.17, 15) is 0 Å². The number of methoxy groups -OCH3 is 1. The van der Waals surface area contributed by atoms with E-state index in [1.807, 2.05) is 31.2 Å². The van der Waals surface area contributed by atoms with Gasteiger partial charge in [-0.2, -0.15) is 15.0 Å². The van der Waals surface area contributed by atoms with Gasteiger partial charge in [-0.15, -0.1) is 0 Å². The zero-order valence-corrected chi connectivity index (χ0v) is 12.0. The molecule has 112 valence electrons. The number of rotatable bonds is 7. The first-order chi connectivity index (χ1) is 10.2. The van der Waals surface area contributed by atoms with Crippen molar-refractivity contribution in [2.45, 2.75) is 13.5 Å². The lowest BCUT2D eigenvalue weighted by atomic mass is 10.2. The van der Waals surface area contributed by atoms with E-state index in [1.165, 1.54) is 0 Å². The minimum Gasteiger partial charge on any atom is -0.497 e. The maximum absolute atomic E-state index is 5.33. The second-order valence-electron chi connectivity index (χ2n) is 4.05. The third kappa shape index (κ3) is 4.18. The Kier molecular flexibility index (Phi) is 5.10. The molecule has 1 heterocycles. The quantitative estimate of drug-likeness (QED) is 0.515. The molecule has 0 amide bonds. The molecule has 0 aliphatic carbocycles. The summed E-state index contributed by atoms with van der Waals surface area (Å²) < 4.78 is 10.4. The summed E-state index contributed by atoms with van der Waals surface area (Å²) in [5.74, 6) is 6.74. The molecule has 0 unspecified atom stereocenters. The van der Waals surface area contributed by atoms with Gasteiger partial charge in [0, 0.05) is 6.54 Å². The maximum Gasteiger partial charge on any atom is 0.323 e. The SMILES string of the molecule is CCOc1nc(NN)nc(NCc2cccc(OC)c2)n1. The zero-order chi connectivity index (χ0) is 15.1. The van der Waals surface area contributed by atoms with Gasteiger partial charge in [0.2, 0.25) is 11.9 Å². The van der Waals surface area contributed by atoms with E-state index in [0.717, 1.165) is 11.3 Å². The lowest BCUT2D eigenvalue weighted by Crippen LogP contribution is -2.14. The molecule has 1 aromatic carbocycles. The van der Waals surface area contributed by atoms with Crippen molar-refractivity contribution >= 4 is 11.9 Å². The number of nitrogens with one attached hydrogen (secondary N) is 2. The molecule has 1 aromatic heterocycles. The average molecular weight is 290 g/mol. The van der Waals surface area contributed by atoms with Crippen LogP contribution in [0.4, 0.5) is 11.9 Å². The van der Waals surface area contributed by atoms with E-state index in [-0.39, 0.29) is 12.0 Å². The number of aromatic nitrogens is 3. The van der Waals surface area contributed by atoms with Gasteiger partial charge in [0.05, 0.1) is 13.7 Å². The molecular weight excluding hydrogens is 272 g/mol. The predicted octanol–water partition coefficient (Wildman–Crippen LogP) is 1.18. The summed E-state index contributed by atoms with van der Waals surface area (Å²) in [6.07, 6.45) is 0. The third-order valence-electron chi connectivity index (χ3n) is 2.60. The van der Waals surface area contributed by atoms with Gasteiger partial charge in [0.15, 0.2) is 0 Å². The molecule has 0 aliphatic rings. The molecule has 2 aromatic rings. The van der Waals surface area contributed by atoms with Crippen molar-refractivity contribution in [1.82, 2.24) is 15.0 Å². The van der Waals surface area contributed by atoms with Gasteiger partial charge >= 0.3 is 6.01 Å². The third-order valence-corrected chi connectivity index (χ3v) is 2.60. The van der Waals surface area contributed by atoms with Crippen molar-refractivity contribution in [3.05, 3.63) is 29.8 Å². The highest BCUT2D eigenvalue weighted by molar-refractivity contribution is 5.37. The highest BCUT2D eigenvalue weighted by Gasteiger charge is 2.06. The van der Waals surface area contributed by atoms with Crippen LogP contribution in [0.2, 0.25) is 0 Å². The molecule has 8 nitrogen and oxygen atoms in total. The van der Waals surface area contributed by atoms with Crippen LogP contribution in [-0.2, 0) is 6.54 Å². The number of hydrogen-bond donors (Lipinski definition) is 3. The molecule has 0 bridgehead atoms. The number of benzene rings is 1. The number of nitrogens with zero attached hydrogens (tertiary/aromatic N) is 3. The summed E-state index contributed by atoms with van der Waals surface area (Å²) in [5.41, 5.74) is 3.42. The Labute approximate surface area is 122 Å². The van der Waals surface area contributed by atoms with E-state index in [4.69, 9.17) is 15.3 Å². The lowest BCUT2D eigenvalue weighted by Gasteiger charge is -2.09. The van der Waals surface area contributed by atoms with Gasteiger partial charge in [0.25, 0.3) is 0 Å².